The fourth-order valence-corrected chi connectivity index (χ4v) is 1.66. The van der Waals surface area contributed by atoms with Gasteiger partial charge in [0.15, 0.2) is 5.69 Å². The Kier molecular flexibility index (Phi) is 3.18. The standard InChI is InChI=1S/C12H12N4O2/c1-8-3-5-9(6-4-8)10-11(16(17)18)12(13-2)15-7-14-10/h3-7H,1-2H3,(H,13,14,15). The van der Waals surface area contributed by atoms with Gasteiger partial charge < -0.3 is 5.32 Å². The number of aromatic nitrogens is 2. The normalized spacial score (nSPS) is 10.1. The van der Waals surface area contributed by atoms with Crippen LogP contribution in [0.5, 0.6) is 0 Å². The maximum Gasteiger partial charge on any atom is 0.337 e. The Hall–Kier alpha value is -2.50. The summed E-state index contributed by atoms with van der Waals surface area (Å²) < 4.78 is 0. The SMILES string of the molecule is CNc1ncnc(-c2ccc(C)cc2)c1[N+](=O)[O-]. The maximum atomic E-state index is 11.1. The number of nitro groups is 1. The minimum Gasteiger partial charge on any atom is -0.367 e. The third kappa shape index (κ3) is 2.13. The number of aryl methyl sites for hydroxylation is 1. The summed E-state index contributed by atoms with van der Waals surface area (Å²) in [6, 6.07) is 7.40. The molecule has 1 aromatic carbocycles. The zero-order valence-corrected chi connectivity index (χ0v) is 10.0. The molecule has 0 fully saturated rings. The molecule has 0 amide bonds. The molecule has 0 spiro atoms. The molecule has 18 heavy (non-hydrogen) atoms. The van der Waals surface area contributed by atoms with Crippen molar-refractivity contribution < 1.29 is 4.92 Å². The van der Waals surface area contributed by atoms with Crippen molar-refractivity contribution in [3.05, 3.63) is 46.3 Å². The van der Waals surface area contributed by atoms with E-state index in [2.05, 4.69) is 15.3 Å². The predicted molar refractivity (Wildman–Crippen MR) is 68.4 cm³/mol. The Labute approximate surface area is 104 Å². The van der Waals surface area contributed by atoms with Crippen molar-refractivity contribution in [2.45, 2.75) is 6.92 Å². The van der Waals surface area contributed by atoms with Crippen molar-refractivity contribution in [1.29, 1.82) is 0 Å². The lowest BCUT2D eigenvalue weighted by atomic mass is 10.1. The Morgan fingerprint density at radius 1 is 1.22 bits per heavy atom. The van der Waals surface area contributed by atoms with E-state index in [4.69, 9.17) is 0 Å². The molecule has 92 valence electrons. The number of anilines is 1. The average molecular weight is 244 g/mol. The number of benzene rings is 1. The molecule has 2 rings (SSSR count). The van der Waals surface area contributed by atoms with E-state index < -0.39 is 4.92 Å². The van der Waals surface area contributed by atoms with Gasteiger partial charge in [-0.05, 0) is 6.92 Å². The summed E-state index contributed by atoms with van der Waals surface area (Å²) in [5, 5.41) is 13.8. The van der Waals surface area contributed by atoms with Crippen molar-refractivity contribution in [3.63, 3.8) is 0 Å². The maximum absolute atomic E-state index is 11.1. The molecule has 2 aromatic rings. The number of hydrogen-bond acceptors (Lipinski definition) is 5. The van der Waals surface area contributed by atoms with Gasteiger partial charge in [-0.3, -0.25) is 10.1 Å². The summed E-state index contributed by atoms with van der Waals surface area (Å²) in [4.78, 5) is 18.5. The third-order valence-electron chi connectivity index (χ3n) is 2.57. The predicted octanol–water partition coefficient (Wildman–Crippen LogP) is 2.40. The lowest BCUT2D eigenvalue weighted by Gasteiger charge is -2.05. The average Bonchev–Trinajstić information content (AvgIpc) is 2.38. The van der Waals surface area contributed by atoms with E-state index in [0.29, 0.717) is 11.3 Å². The number of rotatable bonds is 3. The molecule has 0 saturated carbocycles. The van der Waals surface area contributed by atoms with Crippen LogP contribution in [0.1, 0.15) is 5.56 Å². The Balaban J connectivity index is 2.63. The van der Waals surface area contributed by atoms with Gasteiger partial charge >= 0.3 is 5.69 Å². The Morgan fingerprint density at radius 3 is 2.44 bits per heavy atom. The van der Waals surface area contributed by atoms with Gasteiger partial charge in [0.1, 0.15) is 6.33 Å². The van der Waals surface area contributed by atoms with Crippen molar-refractivity contribution in [2.24, 2.45) is 0 Å². The third-order valence-corrected chi connectivity index (χ3v) is 2.57. The van der Waals surface area contributed by atoms with Gasteiger partial charge in [-0.1, -0.05) is 29.8 Å². The van der Waals surface area contributed by atoms with E-state index in [0.717, 1.165) is 5.56 Å². The second-order valence-corrected chi connectivity index (χ2v) is 3.79. The summed E-state index contributed by atoms with van der Waals surface area (Å²) >= 11 is 0. The molecule has 1 heterocycles. The first-order valence-electron chi connectivity index (χ1n) is 5.37. The van der Waals surface area contributed by atoms with E-state index in [9.17, 15) is 10.1 Å². The summed E-state index contributed by atoms with van der Waals surface area (Å²) in [7, 11) is 1.59. The van der Waals surface area contributed by atoms with Crippen LogP contribution in [-0.2, 0) is 0 Å². The highest BCUT2D eigenvalue weighted by atomic mass is 16.6. The first-order chi connectivity index (χ1) is 8.63. The largest absolute Gasteiger partial charge is 0.367 e. The van der Waals surface area contributed by atoms with Crippen LogP contribution in [0.3, 0.4) is 0 Å². The molecule has 6 nitrogen and oxygen atoms in total. The molecule has 6 heteroatoms. The van der Waals surface area contributed by atoms with Gasteiger partial charge in [-0.15, -0.1) is 0 Å². The summed E-state index contributed by atoms with van der Waals surface area (Å²) in [5.74, 6) is 0.213. The number of nitrogens with one attached hydrogen (secondary N) is 1. The van der Waals surface area contributed by atoms with E-state index in [1.54, 1.807) is 7.05 Å². The molecule has 1 aromatic heterocycles. The lowest BCUT2D eigenvalue weighted by Crippen LogP contribution is -2.02. The van der Waals surface area contributed by atoms with Crippen LogP contribution in [0, 0.1) is 17.0 Å². The van der Waals surface area contributed by atoms with E-state index in [-0.39, 0.29) is 11.5 Å². The molecular formula is C12H12N4O2. The first kappa shape index (κ1) is 12.0. The van der Waals surface area contributed by atoms with Gasteiger partial charge in [-0.25, -0.2) is 9.97 Å². The fraction of sp³-hybridized carbons (Fsp3) is 0.167. The lowest BCUT2D eigenvalue weighted by molar-refractivity contribution is -0.383. The van der Waals surface area contributed by atoms with Crippen LogP contribution in [0.25, 0.3) is 11.3 Å². The molecule has 0 aliphatic carbocycles. The number of hydrogen-bond donors (Lipinski definition) is 1. The molecule has 0 aliphatic heterocycles. The van der Waals surface area contributed by atoms with Crippen LogP contribution < -0.4 is 5.32 Å². The van der Waals surface area contributed by atoms with E-state index >= 15 is 0 Å². The van der Waals surface area contributed by atoms with Gasteiger partial charge in [0.05, 0.1) is 4.92 Å². The highest BCUT2D eigenvalue weighted by molar-refractivity contribution is 5.76. The van der Waals surface area contributed by atoms with Gasteiger partial charge in [-0.2, -0.15) is 0 Å². The van der Waals surface area contributed by atoms with Crippen LogP contribution in [0.2, 0.25) is 0 Å². The first-order valence-corrected chi connectivity index (χ1v) is 5.37. The fourth-order valence-electron chi connectivity index (χ4n) is 1.66. The molecule has 0 saturated heterocycles. The number of nitrogens with zero attached hydrogens (tertiary/aromatic N) is 3. The van der Waals surface area contributed by atoms with Crippen LogP contribution in [0.4, 0.5) is 11.5 Å². The Morgan fingerprint density at radius 2 is 1.89 bits per heavy atom. The van der Waals surface area contributed by atoms with Crippen LogP contribution >= 0.6 is 0 Å². The second kappa shape index (κ2) is 4.79. The monoisotopic (exact) mass is 244 g/mol. The van der Waals surface area contributed by atoms with Gasteiger partial charge in [0, 0.05) is 12.6 Å². The summed E-state index contributed by atoms with van der Waals surface area (Å²) in [6.07, 6.45) is 1.31. The smallest absolute Gasteiger partial charge is 0.337 e. The quantitative estimate of drug-likeness (QED) is 0.662. The molecular weight excluding hydrogens is 232 g/mol. The van der Waals surface area contributed by atoms with Crippen LogP contribution in [-0.4, -0.2) is 21.9 Å². The molecule has 0 atom stereocenters. The van der Waals surface area contributed by atoms with Gasteiger partial charge in [0.25, 0.3) is 0 Å². The van der Waals surface area contributed by atoms with Crippen LogP contribution in [0.15, 0.2) is 30.6 Å². The van der Waals surface area contributed by atoms with E-state index in [1.165, 1.54) is 6.33 Å². The van der Waals surface area contributed by atoms with Crippen molar-refractivity contribution in [2.75, 3.05) is 12.4 Å². The molecule has 0 unspecified atom stereocenters. The Bertz CT molecular complexity index is 581. The highest BCUT2D eigenvalue weighted by Crippen LogP contribution is 2.32. The van der Waals surface area contributed by atoms with Crippen molar-refractivity contribution in [1.82, 2.24) is 9.97 Å². The molecule has 0 aliphatic rings. The summed E-state index contributed by atoms with van der Waals surface area (Å²) in [5.41, 5.74) is 2.00. The molecule has 0 radical (unpaired) electrons. The second-order valence-electron chi connectivity index (χ2n) is 3.79. The van der Waals surface area contributed by atoms with E-state index in [1.807, 2.05) is 31.2 Å². The zero-order valence-electron chi connectivity index (χ0n) is 10.0. The van der Waals surface area contributed by atoms with Gasteiger partial charge in [0.2, 0.25) is 5.82 Å². The molecule has 0 bridgehead atoms. The minimum absolute atomic E-state index is 0.108. The summed E-state index contributed by atoms with van der Waals surface area (Å²) in [6.45, 7) is 1.96. The highest BCUT2D eigenvalue weighted by Gasteiger charge is 2.22. The zero-order chi connectivity index (χ0) is 13.1. The van der Waals surface area contributed by atoms with Crippen molar-refractivity contribution >= 4 is 11.5 Å². The molecule has 1 N–H and O–H groups in total. The van der Waals surface area contributed by atoms with Crippen molar-refractivity contribution in [3.8, 4) is 11.3 Å². The minimum atomic E-state index is -0.471. The topological polar surface area (TPSA) is 81.0 Å².